The highest BCUT2D eigenvalue weighted by atomic mass is 32.1. The molecule has 0 radical (unpaired) electrons. The van der Waals surface area contributed by atoms with Crippen LogP contribution in [-0.2, 0) is 0 Å². The maximum Gasteiger partial charge on any atom is 0.159 e. The van der Waals surface area contributed by atoms with Crippen LogP contribution in [0.3, 0.4) is 0 Å². The Kier molecular flexibility index (Phi) is 5.60. The molecule has 1 atom stereocenters. The normalized spacial score (nSPS) is 15.1. The van der Waals surface area contributed by atoms with Crippen LogP contribution in [0.15, 0.2) is 162 Å². The molecule has 8 aromatic carbocycles. The second-order valence-corrected chi connectivity index (χ2v) is 14.0. The molecule has 3 nitrogen and oxygen atoms in total. The van der Waals surface area contributed by atoms with Crippen molar-refractivity contribution in [2.45, 2.75) is 6.17 Å². The molecule has 1 aromatic heterocycles. The quantitative estimate of drug-likeness (QED) is 0.192. The zero-order valence-electron chi connectivity index (χ0n) is 26.3. The number of benzene rings is 8. The fourth-order valence-electron chi connectivity index (χ4n) is 8.04. The highest BCUT2D eigenvalue weighted by molar-refractivity contribution is 7.26. The van der Waals surface area contributed by atoms with Gasteiger partial charge in [-0.1, -0.05) is 140 Å². The van der Waals surface area contributed by atoms with E-state index < -0.39 is 0 Å². The van der Waals surface area contributed by atoms with Gasteiger partial charge in [0.15, 0.2) is 5.84 Å². The van der Waals surface area contributed by atoms with E-state index in [0.717, 1.165) is 28.4 Å². The molecule has 0 amide bonds. The van der Waals surface area contributed by atoms with Crippen molar-refractivity contribution in [1.82, 2.24) is 5.32 Å². The number of rotatable bonds is 3. The summed E-state index contributed by atoms with van der Waals surface area (Å²) in [5.74, 6) is 1.56. The number of thiophene rings is 1. The minimum absolute atomic E-state index is 0.314. The van der Waals surface area contributed by atoms with Gasteiger partial charge in [-0.15, -0.1) is 11.3 Å². The van der Waals surface area contributed by atoms with Crippen LogP contribution < -0.4 is 5.32 Å². The van der Waals surface area contributed by atoms with Crippen molar-refractivity contribution >= 4 is 75.5 Å². The third kappa shape index (κ3) is 3.95. The highest BCUT2D eigenvalue weighted by Gasteiger charge is 2.28. The Balaban J connectivity index is 1.11. The first-order chi connectivity index (χ1) is 24.3. The number of amidine groups is 2. The number of fused-ring (bicyclic) bond motifs is 10. The number of hydrogen-bond acceptors (Lipinski definition) is 4. The molecule has 0 saturated carbocycles. The Morgan fingerprint density at radius 2 is 1.27 bits per heavy atom. The van der Waals surface area contributed by atoms with Crippen molar-refractivity contribution < 1.29 is 0 Å². The fraction of sp³-hybridized carbons (Fsp3) is 0.0222. The molecule has 1 aliphatic heterocycles. The van der Waals surface area contributed by atoms with Crippen molar-refractivity contribution in [3.8, 4) is 22.3 Å². The van der Waals surface area contributed by atoms with Crippen LogP contribution in [0.25, 0.3) is 74.7 Å². The molecule has 0 saturated heterocycles. The van der Waals surface area contributed by atoms with Gasteiger partial charge in [-0.25, -0.2) is 9.98 Å². The van der Waals surface area contributed by atoms with E-state index in [1.165, 1.54) is 74.7 Å². The summed E-state index contributed by atoms with van der Waals surface area (Å²) in [4.78, 5) is 10.5. The molecule has 1 aliphatic carbocycles. The number of nitrogens with zero attached hydrogens (tertiary/aromatic N) is 2. The molecule has 2 heterocycles. The van der Waals surface area contributed by atoms with Crippen molar-refractivity contribution in [2.75, 3.05) is 0 Å². The lowest BCUT2D eigenvalue weighted by atomic mass is 9.98. The van der Waals surface area contributed by atoms with Gasteiger partial charge in [0.25, 0.3) is 0 Å². The maximum absolute atomic E-state index is 5.36. The van der Waals surface area contributed by atoms with Crippen molar-refractivity contribution in [2.24, 2.45) is 9.98 Å². The van der Waals surface area contributed by atoms with Gasteiger partial charge >= 0.3 is 0 Å². The molecule has 0 fully saturated rings. The minimum Gasteiger partial charge on any atom is -0.344 e. The molecular formula is C45H27N3S. The number of aliphatic imine (C=N–C) groups is 2. The Hall–Kier alpha value is -6.10. The van der Waals surface area contributed by atoms with Crippen LogP contribution in [0, 0.1) is 0 Å². The molecule has 228 valence electrons. The Morgan fingerprint density at radius 3 is 2.18 bits per heavy atom. The predicted octanol–water partition coefficient (Wildman–Crippen LogP) is 11.7. The van der Waals surface area contributed by atoms with E-state index in [9.17, 15) is 0 Å². The first-order valence-electron chi connectivity index (χ1n) is 16.7. The average Bonchev–Trinajstić information content (AvgIpc) is 3.72. The number of hydrogen-bond donors (Lipinski definition) is 1. The highest BCUT2D eigenvalue weighted by Crippen LogP contribution is 2.53. The predicted molar refractivity (Wildman–Crippen MR) is 208 cm³/mol. The summed E-state index contributed by atoms with van der Waals surface area (Å²) in [5, 5.41) is 13.9. The van der Waals surface area contributed by atoms with Crippen LogP contribution in [0.2, 0.25) is 0 Å². The molecule has 0 spiro atoms. The topological polar surface area (TPSA) is 36.8 Å². The Bertz CT molecular complexity index is 2910. The summed E-state index contributed by atoms with van der Waals surface area (Å²) in [5.41, 5.74) is 8.55. The molecule has 49 heavy (non-hydrogen) atoms. The van der Waals surface area contributed by atoms with Crippen LogP contribution in [0.1, 0.15) is 22.9 Å². The van der Waals surface area contributed by atoms with Gasteiger partial charge in [0, 0.05) is 42.4 Å². The van der Waals surface area contributed by atoms with E-state index in [1.807, 2.05) is 17.4 Å². The maximum atomic E-state index is 5.36. The van der Waals surface area contributed by atoms with E-state index in [-0.39, 0.29) is 6.17 Å². The van der Waals surface area contributed by atoms with E-state index in [0.29, 0.717) is 0 Å². The molecule has 2 aliphatic rings. The van der Waals surface area contributed by atoms with E-state index in [2.05, 4.69) is 151 Å². The molecule has 9 aromatic rings. The summed E-state index contributed by atoms with van der Waals surface area (Å²) in [6, 6.07) is 54.7. The summed E-state index contributed by atoms with van der Waals surface area (Å²) >= 11 is 1.89. The lowest BCUT2D eigenvalue weighted by Crippen LogP contribution is -2.33. The lowest BCUT2D eigenvalue weighted by molar-refractivity contribution is 0.680. The van der Waals surface area contributed by atoms with Gasteiger partial charge in [-0.3, -0.25) is 0 Å². The molecule has 1 N–H and O–H groups in total. The second-order valence-electron chi connectivity index (χ2n) is 12.9. The average molecular weight is 642 g/mol. The van der Waals surface area contributed by atoms with Crippen molar-refractivity contribution in [3.05, 3.63) is 168 Å². The molecule has 11 rings (SSSR count). The second kappa shape index (κ2) is 10.2. The van der Waals surface area contributed by atoms with Gasteiger partial charge in [-0.2, -0.15) is 0 Å². The first kappa shape index (κ1) is 26.9. The third-order valence-electron chi connectivity index (χ3n) is 10.2. The SMILES string of the molecule is c1ccc(C2=NC(c3ccc4c(ccc5ccccc54)c3)=NC(c3cccc4sc5c6c(ccc5c34)-c3cccc4cccc-6c34)N2)cc1. The zero-order chi connectivity index (χ0) is 32.1. The van der Waals surface area contributed by atoms with Gasteiger partial charge < -0.3 is 5.32 Å². The first-order valence-corrected chi connectivity index (χ1v) is 17.5. The van der Waals surface area contributed by atoms with Gasteiger partial charge in [0.1, 0.15) is 12.0 Å². The molecular weight excluding hydrogens is 615 g/mol. The van der Waals surface area contributed by atoms with E-state index >= 15 is 0 Å². The van der Waals surface area contributed by atoms with Crippen LogP contribution in [0.5, 0.6) is 0 Å². The molecule has 4 heteroatoms. The summed E-state index contributed by atoms with van der Waals surface area (Å²) in [7, 11) is 0. The minimum atomic E-state index is -0.314. The Labute approximate surface area is 286 Å². The fourth-order valence-corrected chi connectivity index (χ4v) is 9.34. The van der Waals surface area contributed by atoms with Gasteiger partial charge in [0.2, 0.25) is 0 Å². The van der Waals surface area contributed by atoms with E-state index in [1.54, 1.807) is 0 Å². The Morgan fingerprint density at radius 1 is 0.510 bits per heavy atom. The monoisotopic (exact) mass is 641 g/mol. The summed E-state index contributed by atoms with van der Waals surface area (Å²) in [6.45, 7) is 0. The van der Waals surface area contributed by atoms with Crippen molar-refractivity contribution in [3.63, 3.8) is 0 Å². The van der Waals surface area contributed by atoms with Gasteiger partial charge in [-0.05, 0) is 61.1 Å². The van der Waals surface area contributed by atoms with Crippen LogP contribution in [-0.4, -0.2) is 11.7 Å². The smallest absolute Gasteiger partial charge is 0.159 e. The summed E-state index contributed by atoms with van der Waals surface area (Å²) < 4.78 is 2.60. The largest absolute Gasteiger partial charge is 0.344 e. The van der Waals surface area contributed by atoms with E-state index in [4.69, 9.17) is 9.98 Å². The zero-order valence-corrected chi connectivity index (χ0v) is 27.1. The van der Waals surface area contributed by atoms with Gasteiger partial charge in [0.05, 0.1) is 0 Å². The third-order valence-corrected chi connectivity index (χ3v) is 11.4. The number of nitrogens with one attached hydrogen (secondary N) is 1. The summed E-state index contributed by atoms with van der Waals surface area (Å²) in [6.07, 6.45) is -0.314. The standard InChI is InChI=1S/C45H27N3S/c1-2-10-28(11-3-1)43-46-44(30-21-22-32-29(25-30)20-19-26-9-4-5-14-31(26)32)48-45(47-43)37-17-8-18-38-40(37)36-24-23-34-33-15-6-12-27-13-7-16-35(39(27)33)41(34)42(36)49-38/h1-25,45H,(H,46,47,48). The lowest BCUT2D eigenvalue weighted by Gasteiger charge is -2.24. The van der Waals surface area contributed by atoms with Crippen LogP contribution >= 0.6 is 11.3 Å². The molecule has 0 bridgehead atoms. The van der Waals surface area contributed by atoms with Crippen molar-refractivity contribution in [1.29, 1.82) is 0 Å². The van der Waals surface area contributed by atoms with Crippen LogP contribution in [0.4, 0.5) is 0 Å². The molecule has 1 unspecified atom stereocenters.